The molecule has 1 aromatic heterocycles. The van der Waals surface area contributed by atoms with Gasteiger partial charge in [0.05, 0.1) is 0 Å². The van der Waals surface area contributed by atoms with Crippen molar-refractivity contribution in [2.24, 2.45) is 17.9 Å². The van der Waals surface area contributed by atoms with Crippen LogP contribution in [0.1, 0.15) is 52.1 Å². The third-order valence-electron chi connectivity index (χ3n) is 5.25. The molecule has 21 heavy (non-hydrogen) atoms. The van der Waals surface area contributed by atoms with Crippen LogP contribution in [0.2, 0.25) is 0 Å². The molecular formula is C17H27N3O. The van der Waals surface area contributed by atoms with Crippen LogP contribution in [0.15, 0.2) is 12.3 Å². The molecule has 1 aliphatic carbocycles. The number of aromatic nitrogens is 2. The largest absolute Gasteiger partial charge is 0.339 e. The fourth-order valence-electron chi connectivity index (χ4n) is 4.78. The van der Waals surface area contributed by atoms with Gasteiger partial charge in [0.25, 0.3) is 0 Å². The lowest BCUT2D eigenvalue weighted by molar-refractivity contribution is -0.132. The van der Waals surface area contributed by atoms with E-state index in [1.54, 1.807) is 6.20 Å². The van der Waals surface area contributed by atoms with Crippen LogP contribution in [0.4, 0.5) is 0 Å². The molecule has 3 rings (SSSR count). The minimum atomic E-state index is 0.322. The fraction of sp³-hybridized carbons (Fsp3) is 0.765. The molecule has 0 spiro atoms. The zero-order chi connectivity index (χ0) is 15.3. The summed E-state index contributed by atoms with van der Waals surface area (Å²) in [5.74, 6) is 0.322. The first-order valence-electron chi connectivity index (χ1n) is 8.04. The van der Waals surface area contributed by atoms with Crippen molar-refractivity contribution in [3.05, 3.63) is 18.0 Å². The Balaban J connectivity index is 1.65. The highest BCUT2D eigenvalue weighted by Gasteiger charge is 2.50. The highest BCUT2D eigenvalue weighted by Crippen LogP contribution is 2.52. The first-order chi connectivity index (χ1) is 9.78. The highest BCUT2D eigenvalue weighted by atomic mass is 16.2. The Morgan fingerprint density at radius 3 is 2.81 bits per heavy atom. The van der Waals surface area contributed by atoms with E-state index < -0.39 is 0 Å². The van der Waals surface area contributed by atoms with Crippen molar-refractivity contribution >= 4 is 5.91 Å². The first-order valence-corrected chi connectivity index (χ1v) is 8.04. The highest BCUT2D eigenvalue weighted by molar-refractivity contribution is 5.77. The molecule has 1 saturated heterocycles. The molecule has 4 nitrogen and oxygen atoms in total. The van der Waals surface area contributed by atoms with Crippen LogP contribution in [0, 0.1) is 10.8 Å². The smallest absolute Gasteiger partial charge is 0.223 e. The van der Waals surface area contributed by atoms with Gasteiger partial charge in [-0.05, 0) is 42.6 Å². The maximum atomic E-state index is 12.6. The van der Waals surface area contributed by atoms with E-state index in [2.05, 4.69) is 30.8 Å². The van der Waals surface area contributed by atoms with Gasteiger partial charge in [0.1, 0.15) is 0 Å². The summed E-state index contributed by atoms with van der Waals surface area (Å²) in [6.07, 6.45) is 6.77. The maximum Gasteiger partial charge on any atom is 0.223 e. The molecule has 1 amide bonds. The maximum absolute atomic E-state index is 12.6. The zero-order valence-electron chi connectivity index (χ0n) is 13.7. The van der Waals surface area contributed by atoms with Crippen molar-refractivity contribution in [3.8, 4) is 0 Å². The summed E-state index contributed by atoms with van der Waals surface area (Å²) in [7, 11) is 1.94. The van der Waals surface area contributed by atoms with Gasteiger partial charge in [0.15, 0.2) is 0 Å². The number of hydrogen-bond donors (Lipinski definition) is 0. The molecule has 0 aromatic carbocycles. The lowest BCUT2D eigenvalue weighted by Crippen LogP contribution is -2.37. The summed E-state index contributed by atoms with van der Waals surface area (Å²) in [6, 6.07) is 2.46. The predicted octanol–water partition coefficient (Wildman–Crippen LogP) is 2.78. The topological polar surface area (TPSA) is 38.1 Å². The van der Waals surface area contributed by atoms with Crippen LogP contribution in [-0.2, 0) is 18.3 Å². The lowest BCUT2D eigenvalue weighted by Gasteiger charge is -2.39. The number of nitrogens with zero attached hydrogens (tertiary/aromatic N) is 3. The normalized spacial score (nSPS) is 30.7. The molecule has 116 valence electrons. The van der Waals surface area contributed by atoms with Crippen molar-refractivity contribution in [2.75, 3.05) is 6.54 Å². The minimum Gasteiger partial charge on any atom is -0.339 e. The molecule has 0 radical (unpaired) electrons. The van der Waals surface area contributed by atoms with E-state index in [0.29, 0.717) is 29.2 Å². The Morgan fingerprint density at radius 2 is 2.14 bits per heavy atom. The van der Waals surface area contributed by atoms with Crippen molar-refractivity contribution in [2.45, 2.75) is 58.9 Å². The van der Waals surface area contributed by atoms with E-state index in [1.807, 2.05) is 17.8 Å². The summed E-state index contributed by atoms with van der Waals surface area (Å²) in [5.41, 5.74) is 1.83. The second kappa shape index (κ2) is 4.85. The number of amides is 1. The molecule has 2 heterocycles. The number of carbonyl (C=O) groups is 1. The molecule has 2 atom stereocenters. The van der Waals surface area contributed by atoms with Gasteiger partial charge in [-0.25, -0.2) is 0 Å². The molecule has 4 heteroatoms. The minimum absolute atomic E-state index is 0.322. The summed E-state index contributed by atoms with van der Waals surface area (Å²) in [4.78, 5) is 14.8. The fourth-order valence-corrected chi connectivity index (χ4v) is 4.78. The quantitative estimate of drug-likeness (QED) is 0.858. The van der Waals surface area contributed by atoms with Crippen LogP contribution in [0.25, 0.3) is 0 Å². The van der Waals surface area contributed by atoms with Crippen LogP contribution >= 0.6 is 0 Å². The number of carbonyl (C=O) groups excluding carboxylic acids is 1. The number of fused-ring (bicyclic) bond motifs is 2. The van der Waals surface area contributed by atoms with Crippen molar-refractivity contribution in [1.82, 2.24) is 14.7 Å². The van der Waals surface area contributed by atoms with Gasteiger partial charge in [-0.2, -0.15) is 5.10 Å². The Kier molecular flexibility index (Phi) is 3.38. The van der Waals surface area contributed by atoms with Gasteiger partial charge in [-0.15, -0.1) is 0 Å². The zero-order valence-corrected chi connectivity index (χ0v) is 13.7. The summed E-state index contributed by atoms with van der Waals surface area (Å²) >= 11 is 0. The average Bonchev–Trinajstić information content (AvgIpc) is 2.86. The molecule has 2 aliphatic rings. The Hall–Kier alpha value is -1.32. The second-order valence-electron chi connectivity index (χ2n) is 8.18. The van der Waals surface area contributed by atoms with Crippen molar-refractivity contribution in [3.63, 3.8) is 0 Å². The Labute approximate surface area is 127 Å². The number of likely N-dealkylation sites (tertiary alicyclic amines) is 1. The van der Waals surface area contributed by atoms with Crippen LogP contribution in [0.3, 0.4) is 0 Å². The van der Waals surface area contributed by atoms with Gasteiger partial charge in [0.2, 0.25) is 5.91 Å². The van der Waals surface area contributed by atoms with Crippen molar-refractivity contribution in [1.29, 1.82) is 0 Å². The lowest BCUT2D eigenvalue weighted by atomic mass is 9.65. The molecular weight excluding hydrogens is 262 g/mol. The number of aryl methyl sites for hydroxylation is 2. The first kappa shape index (κ1) is 14.6. The molecule has 1 aliphatic heterocycles. The van der Waals surface area contributed by atoms with E-state index in [-0.39, 0.29) is 0 Å². The summed E-state index contributed by atoms with van der Waals surface area (Å²) in [5, 5.41) is 4.17. The van der Waals surface area contributed by atoms with Crippen molar-refractivity contribution < 1.29 is 4.79 Å². The molecule has 1 aromatic rings. The van der Waals surface area contributed by atoms with Gasteiger partial charge >= 0.3 is 0 Å². The van der Waals surface area contributed by atoms with E-state index in [9.17, 15) is 4.79 Å². The average molecular weight is 289 g/mol. The van der Waals surface area contributed by atoms with Gasteiger partial charge < -0.3 is 4.90 Å². The van der Waals surface area contributed by atoms with E-state index in [0.717, 1.165) is 25.1 Å². The molecule has 0 N–H and O–H groups in total. The van der Waals surface area contributed by atoms with E-state index in [1.165, 1.54) is 12.8 Å². The van der Waals surface area contributed by atoms with E-state index in [4.69, 9.17) is 0 Å². The Morgan fingerprint density at radius 1 is 1.38 bits per heavy atom. The van der Waals surface area contributed by atoms with E-state index >= 15 is 0 Å². The monoisotopic (exact) mass is 289 g/mol. The third kappa shape index (κ3) is 2.85. The van der Waals surface area contributed by atoms with Gasteiger partial charge in [-0.1, -0.05) is 20.8 Å². The third-order valence-corrected chi connectivity index (χ3v) is 5.25. The summed E-state index contributed by atoms with van der Waals surface area (Å²) < 4.78 is 1.86. The molecule has 1 saturated carbocycles. The molecule has 2 bridgehead atoms. The van der Waals surface area contributed by atoms with Crippen LogP contribution in [-0.4, -0.2) is 33.2 Å². The number of hydrogen-bond acceptors (Lipinski definition) is 2. The molecule has 0 unspecified atom stereocenters. The summed E-state index contributed by atoms with van der Waals surface area (Å²) in [6.45, 7) is 8.00. The Bertz CT molecular complexity index is 548. The van der Waals surface area contributed by atoms with Crippen LogP contribution in [0.5, 0.6) is 0 Å². The SMILES string of the molecule is Cn1nccc1CCC(=O)N1C[C@]2(C)C[C@H]1CC(C)(C)C2. The van der Waals surface area contributed by atoms with Crippen LogP contribution < -0.4 is 0 Å². The second-order valence-corrected chi connectivity index (χ2v) is 8.18. The molecule has 2 fully saturated rings. The number of rotatable bonds is 3. The van der Waals surface area contributed by atoms with Gasteiger partial charge in [0, 0.05) is 37.9 Å². The standard InChI is InChI=1S/C17H27N3O/c1-16(2)9-14-10-17(3,11-16)12-20(14)15(21)6-5-13-7-8-18-19(13)4/h7-8,14H,5-6,9-12H2,1-4H3/t14-,17-/m1/s1. The van der Waals surface area contributed by atoms with Gasteiger partial charge in [-0.3, -0.25) is 9.48 Å². The predicted molar refractivity (Wildman–Crippen MR) is 82.8 cm³/mol.